The Morgan fingerprint density at radius 1 is 1.37 bits per heavy atom. The number of para-hydroxylation sites is 1. The maximum absolute atomic E-state index is 6.17. The molecule has 1 fully saturated rings. The van der Waals surface area contributed by atoms with E-state index in [0.29, 0.717) is 11.1 Å². The molecule has 1 heterocycles. The second-order valence-corrected chi connectivity index (χ2v) is 5.81. The summed E-state index contributed by atoms with van der Waals surface area (Å²) < 4.78 is 0. The van der Waals surface area contributed by atoms with Gasteiger partial charge in [0.15, 0.2) is 5.11 Å². The highest BCUT2D eigenvalue weighted by Crippen LogP contribution is 2.24. The van der Waals surface area contributed by atoms with Crippen LogP contribution in [-0.2, 0) is 0 Å². The Bertz CT molecular complexity index is 436. The van der Waals surface area contributed by atoms with Crippen LogP contribution in [0.4, 0.5) is 5.69 Å². The van der Waals surface area contributed by atoms with Gasteiger partial charge in [-0.2, -0.15) is 0 Å². The predicted molar refractivity (Wildman–Crippen MR) is 86.9 cm³/mol. The molecule has 19 heavy (non-hydrogen) atoms. The van der Waals surface area contributed by atoms with E-state index in [1.165, 1.54) is 25.7 Å². The molecule has 1 aliphatic rings. The first-order valence-electron chi connectivity index (χ1n) is 7.04. The number of hydrogen-bond acceptors (Lipinski definition) is 1. The average Bonchev–Trinajstić information content (AvgIpc) is 2.66. The number of benzene rings is 1. The van der Waals surface area contributed by atoms with Gasteiger partial charge >= 0.3 is 0 Å². The summed E-state index contributed by atoms with van der Waals surface area (Å²) in [5.74, 6) is 0. The van der Waals surface area contributed by atoms with Crippen LogP contribution < -0.4 is 5.32 Å². The number of rotatable bonds is 2. The summed E-state index contributed by atoms with van der Waals surface area (Å²) >= 11 is 11.7. The molecule has 1 atom stereocenters. The molecule has 1 aromatic carbocycles. The first-order chi connectivity index (χ1) is 9.22. The van der Waals surface area contributed by atoms with Gasteiger partial charge in [0.1, 0.15) is 0 Å². The third-order valence-corrected chi connectivity index (χ3v) is 4.39. The van der Waals surface area contributed by atoms with Gasteiger partial charge < -0.3 is 10.2 Å². The van der Waals surface area contributed by atoms with Crippen molar-refractivity contribution >= 4 is 34.6 Å². The van der Waals surface area contributed by atoms with Crippen LogP contribution in [0, 0.1) is 0 Å². The summed E-state index contributed by atoms with van der Waals surface area (Å²) in [6.45, 7) is 3.29. The van der Waals surface area contributed by atoms with Crippen LogP contribution >= 0.6 is 23.8 Å². The first-order valence-corrected chi connectivity index (χ1v) is 7.83. The van der Waals surface area contributed by atoms with Crippen molar-refractivity contribution in [1.29, 1.82) is 0 Å². The largest absolute Gasteiger partial charge is 0.346 e. The lowest BCUT2D eigenvalue weighted by molar-refractivity contribution is 0.311. The SMILES string of the molecule is CCC1CCCCCN1C(=S)Nc1ccccc1Cl. The second-order valence-electron chi connectivity index (χ2n) is 5.01. The van der Waals surface area contributed by atoms with Gasteiger partial charge in [-0.05, 0) is 43.6 Å². The van der Waals surface area contributed by atoms with Gasteiger partial charge in [-0.15, -0.1) is 0 Å². The third kappa shape index (κ3) is 3.83. The Hall–Kier alpha value is -0.800. The smallest absolute Gasteiger partial charge is 0.173 e. The van der Waals surface area contributed by atoms with Crippen molar-refractivity contribution in [3.05, 3.63) is 29.3 Å². The first kappa shape index (κ1) is 14.6. The van der Waals surface area contributed by atoms with Gasteiger partial charge in [0, 0.05) is 12.6 Å². The van der Waals surface area contributed by atoms with Crippen LogP contribution in [0.25, 0.3) is 0 Å². The molecule has 0 saturated carbocycles. The molecular weight excluding hydrogens is 276 g/mol. The third-order valence-electron chi connectivity index (χ3n) is 3.72. The fraction of sp³-hybridized carbons (Fsp3) is 0.533. The second kappa shape index (κ2) is 7.11. The summed E-state index contributed by atoms with van der Waals surface area (Å²) in [4.78, 5) is 2.34. The van der Waals surface area contributed by atoms with Gasteiger partial charge in [0.05, 0.1) is 10.7 Å². The molecule has 1 aromatic rings. The minimum Gasteiger partial charge on any atom is -0.346 e. The zero-order valence-corrected chi connectivity index (χ0v) is 12.9. The van der Waals surface area contributed by atoms with E-state index in [9.17, 15) is 0 Å². The average molecular weight is 297 g/mol. The predicted octanol–water partition coefficient (Wildman–Crippen LogP) is 4.69. The van der Waals surface area contributed by atoms with Crippen molar-refractivity contribution in [2.45, 2.75) is 45.1 Å². The van der Waals surface area contributed by atoms with E-state index in [1.807, 2.05) is 24.3 Å². The molecule has 0 radical (unpaired) electrons. The quantitative estimate of drug-likeness (QED) is 0.797. The van der Waals surface area contributed by atoms with E-state index >= 15 is 0 Å². The molecule has 1 N–H and O–H groups in total. The van der Waals surface area contributed by atoms with E-state index in [-0.39, 0.29) is 0 Å². The monoisotopic (exact) mass is 296 g/mol. The van der Waals surface area contributed by atoms with Gasteiger partial charge in [-0.3, -0.25) is 0 Å². The highest BCUT2D eigenvalue weighted by Gasteiger charge is 2.21. The lowest BCUT2D eigenvalue weighted by Crippen LogP contribution is -2.42. The van der Waals surface area contributed by atoms with E-state index in [1.54, 1.807) is 0 Å². The Labute approximate surface area is 126 Å². The molecule has 0 amide bonds. The fourth-order valence-corrected chi connectivity index (χ4v) is 3.15. The lowest BCUT2D eigenvalue weighted by Gasteiger charge is -2.32. The number of hydrogen-bond donors (Lipinski definition) is 1. The Morgan fingerprint density at radius 2 is 2.16 bits per heavy atom. The fourth-order valence-electron chi connectivity index (χ4n) is 2.62. The van der Waals surface area contributed by atoms with Gasteiger partial charge in [-0.25, -0.2) is 0 Å². The van der Waals surface area contributed by atoms with Crippen LogP contribution in [-0.4, -0.2) is 22.6 Å². The molecule has 0 aromatic heterocycles. The molecule has 0 bridgehead atoms. The van der Waals surface area contributed by atoms with E-state index in [4.69, 9.17) is 23.8 Å². The number of nitrogens with one attached hydrogen (secondary N) is 1. The van der Waals surface area contributed by atoms with Crippen LogP contribution in [0.1, 0.15) is 39.0 Å². The number of likely N-dealkylation sites (tertiary alicyclic amines) is 1. The summed E-state index contributed by atoms with van der Waals surface area (Å²) in [5.41, 5.74) is 0.897. The minimum atomic E-state index is 0.560. The number of halogens is 1. The molecule has 1 saturated heterocycles. The standard InChI is InChI=1S/C15H21ClN2S/c1-2-12-8-4-3-7-11-18(12)15(19)17-14-10-6-5-9-13(14)16/h5-6,9-10,12H,2-4,7-8,11H2,1H3,(H,17,19). The molecule has 2 rings (SSSR count). The topological polar surface area (TPSA) is 15.3 Å². The highest BCUT2D eigenvalue weighted by atomic mass is 35.5. The molecule has 2 nitrogen and oxygen atoms in total. The Morgan fingerprint density at radius 3 is 2.89 bits per heavy atom. The summed E-state index contributed by atoms with van der Waals surface area (Å²) in [7, 11) is 0. The normalized spacial score (nSPS) is 19.9. The molecule has 0 aliphatic carbocycles. The van der Waals surface area contributed by atoms with E-state index in [2.05, 4.69) is 17.1 Å². The lowest BCUT2D eigenvalue weighted by atomic mass is 10.1. The van der Waals surface area contributed by atoms with Crippen LogP contribution in [0.5, 0.6) is 0 Å². The van der Waals surface area contributed by atoms with Crippen LogP contribution in [0.3, 0.4) is 0 Å². The van der Waals surface area contributed by atoms with Gasteiger partial charge in [-0.1, -0.05) is 43.5 Å². The molecule has 1 unspecified atom stereocenters. The summed E-state index contributed by atoms with van der Waals surface area (Å²) in [5, 5.41) is 4.82. The molecule has 0 spiro atoms. The summed E-state index contributed by atoms with van der Waals surface area (Å²) in [6, 6.07) is 8.30. The van der Waals surface area contributed by atoms with Crippen molar-refractivity contribution in [3.8, 4) is 0 Å². The van der Waals surface area contributed by atoms with Crippen LogP contribution in [0.15, 0.2) is 24.3 Å². The zero-order valence-electron chi connectivity index (χ0n) is 11.4. The highest BCUT2D eigenvalue weighted by molar-refractivity contribution is 7.80. The zero-order chi connectivity index (χ0) is 13.7. The van der Waals surface area contributed by atoms with E-state index < -0.39 is 0 Å². The number of anilines is 1. The maximum Gasteiger partial charge on any atom is 0.173 e. The minimum absolute atomic E-state index is 0.560. The molecule has 4 heteroatoms. The number of thiocarbonyl (C=S) groups is 1. The summed E-state index contributed by atoms with van der Waals surface area (Å²) in [6.07, 6.45) is 6.22. The molecule has 1 aliphatic heterocycles. The maximum atomic E-state index is 6.17. The van der Waals surface area contributed by atoms with Crippen molar-refractivity contribution in [2.75, 3.05) is 11.9 Å². The van der Waals surface area contributed by atoms with Gasteiger partial charge in [0.25, 0.3) is 0 Å². The van der Waals surface area contributed by atoms with Crippen molar-refractivity contribution in [3.63, 3.8) is 0 Å². The number of nitrogens with zero attached hydrogens (tertiary/aromatic N) is 1. The van der Waals surface area contributed by atoms with Crippen molar-refractivity contribution in [2.24, 2.45) is 0 Å². The van der Waals surface area contributed by atoms with Crippen molar-refractivity contribution in [1.82, 2.24) is 4.90 Å². The van der Waals surface area contributed by atoms with E-state index in [0.717, 1.165) is 23.8 Å². The molecule has 104 valence electrons. The van der Waals surface area contributed by atoms with Crippen LogP contribution in [0.2, 0.25) is 5.02 Å². The van der Waals surface area contributed by atoms with Crippen molar-refractivity contribution < 1.29 is 0 Å². The Kier molecular flexibility index (Phi) is 5.46. The molecular formula is C15H21ClN2S. The van der Waals surface area contributed by atoms with Gasteiger partial charge in [0.2, 0.25) is 0 Å². The Balaban J connectivity index is 2.07.